The van der Waals surface area contributed by atoms with Crippen LogP contribution in [0.3, 0.4) is 0 Å². The first-order valence-electron chi connectivity index (χ1n) is 13.9. The van der Waals surface area contributed by atoms with Crippen LogP contribution < -0.4 is 22.5 Å². The number of nitrogens with one attached hydrogen (secondary N) is 1. The number of nitrogens with two attached hydrogens (primary N) is 3. The summed E-state index contributed by atoms with van der Waals surface area (Å²) in [6.45, 7) is 1.11. The largest absolute Gasteiger partial charge is 0.370 e. The number of aliphatic imine (C=N–C) groups is 1. The number of carbonyl (C=O) groups excluding carboxylic acids is 3. The molecule has 9 nitrogen and oxygen atoms in total. The normalized spacial score (nSPS) is 15.2. The standard InChI is InChI=1S/C31H37FN6O3/c32-25-11-9-23(10-12-25)30(41)38-16-13-22(14-17-38)28(39)27(6-3-15-36-31(34)35)37-29(40)26(33)19-20-7-8-21-4-1-2-5-24(21)18-20/h1-2,4-5,7-12,18,22,26-27H,3,6,13-17,19,33H2,(H,37,40)(H4,34,35,36)/t26-,27-/m0/s1. The maximum absolute atomic E-state index is 13.6. The second kappa shape index (κ2) is 13.8. The van der Waals surface area contributed by atoms with Crippen molar-refractivity contribution in [3.63, 3.8) is 0 Å². The molecule has 3 aromatic carbocycles. The molecule has 4 rings (SSSR count). The monoisotopic (exact) mass is 560 g/mol. The Morgan fingerprint density at radius 2 is 1.66 bits per heavy atom. The predicted octanol–water partition coefficient (Wildman–Crippen LogP) is 2.51. The molecule has 0 spiro atoms. The van der Waals surface area contributed by atoms with Gasteiger partial charge < -0.3 is 27.4 Å². The van der Waals surface area contributed by atoms with Crippen molar-refractivity contribution in [2.24, 2.45) is 28.1 Å². The number of hydrogen-bond acceptors (Lipinski definition) is 5. The SMILES string of the molecule is NC(N)=NCCC[C@H](NC(=O)[C@@H](N)Cc1ccc2ccccc2c1)C(=O)C1CCN(C(=O)c2ccc(F)cc2)CC1. The van der Waals surface area contributed by atoms with E-state index in [1.54, 1.807) is 4.90 Å². The maximum atomic E-state index is 13.6. The number of fused-ring (bicyclic) bond motifs is 1. The first-order valence-corrected chi connectivity index (χ1v) is 13.9. The molecule has 2 atom stereocenters. The summed E-state index contributed by atoms with van der Waals surface area (Å²) in [6, 6.07) is 17.8. The molecule has 1 aliphatic rings. The summed E-state index contributed by atoms with van der Waals surface area (Å²) in [5, 5.41) is 5.05. The fourth-order valence-corrected chi connectivity index (χ4v) is 5.21. The van der Waals surface area contributed by atoms with E-state index in [-0.39, 0.29) is 23.6 Å². The number of guanidine groups is 1. The van der Waals surface area contributed by atoms with Crippen LogP contribution in [0.1, 0.15) is 41.6 Å². The van der Waals surface area contributed by atoms with Gasteiger partial charge in [-0.2, -0.15) is 0 Å². The van der Waals surface area contributed by atoms with Gasteiger partial charge in [0.1, 0.15) is 5.82 Å². The molecule has 41 heavy (non-hydrogen) atoms. The van der Waals surface area contributed by atoms with Crippen molar-refractivity contribution in [2.45, 2.75) is 44.2 Å². The van der Waals surface area contributed by atoms with Gasteiger partial charge in [0, 0.05) is 31.1 Å². The topological polar surface area (TPSA) is 157 Å². The number of benzene rings is 3. The van der Waals surface area contributed by atoms with Gasteiger partial charge in [-0.15, -0.1) is 0 Å². The number of piperidine rings is 1. The molecule has 0 saturated carbocycles. The third kappa shape index (κ3) is 8.11. The highest BCUT2D eigenvalue weighted by Crippen LogP contribution is 2.23. The van der Waals surface area contributed by atoms with Crippen LogP contribution >= 0.6 is 0 Å². The van der Waals surface area contributed by atoms with Crippen LogP contribution in [0.2, 0.25) is 0 Å². The Morgan fingerprint density at radius 1 is 0.976 bits per heavy atom. The van der Waals surface area contributed by atoms with Crippen molar-refractivity contribution < 1.29 is 18.8 Å². The molecule has 10 heteroatoms. The van der Waals surface area contributed by atoms with Crippen LogP contribution in [0, 0.1) is 11.7 Å². The van der Waals surface area contributed by atoms with Crippen molar-refractivity contribution >= 4 is 34.3 Å². The Bertz CT molecular complexity index is 1400. The molecule has 0 aliphatic carbocycles. The van der Waals surface area contributed by atoms with E-state index < -0.39 is 23.8 Å². The number of carbonyl (C=O) groups is 3. The summed E-state index contributed by atoms with van der Waals surface area (Å²) >= 11 is 0. The Kier molecular flexibility index (Phi) is 10.0. The Hall–Kier alpha value is -4.31. The van der Waals surface area contributed by atoms with Crippen molar-refractivity contribution in [2.75, 3.05) is 19.6 Å². The summed E-state index contributed by atoms with van der Waals surface area (Å²) in [6.07, 6.45) is 2.12. The molecule has 3 aromatic rings. The lowest BCUT2D eigenvalue weighted by molar-refractivity contribution is -0.131. The average molecular weight is 561 g/mol. The van der Waals surface area contributed by atoms with Gasteiger partial charge in [0.05, 0.1) is 12.1 Å². The molecule has 0 bridgehead atoms. The van der Waals surface area contributed by atoms with E-state index in [0.29, 0.717) is 57.3 Å². The van der Waals surface area contributed by atoms with E-state index in [4.69, 9.17) is 17.2 Å². The molecule has 2 amide bonds. The summed E-state index contributed by atoms with van der Waals surface area (Å²) in [7, 11) is 0. The maximum Gasteiger partial charge on any atom is 0.253 e. The Balaban J connectivity index is 1.37. The zero-order valence-electron chi connectivity index (χ0n) is 23.0. The number of likely N-dealkylation sites (tertiary alicyclic amines) is 1. The summed E-state index contributed by atoms with van der Waals surface area (Å²) in [5.41, 5.74) is 18.5. The quantitative estimate of drug-likeness (QED) is 0.160. The third-order valence-corrected chi connectivity index (χ3v) is 7.49. The van der Waals surface area contributed by atoms with E-state index >= 15 is 0 Å². The molecule has 1 heterocycles. The highest BCUT2D eigenvalue weighted by atomic mass is 19.1. The van der Waals surface area contributed by atoms with Crippen molar-refractivity contribution in [3.8, 4) is 0 Å². The second-order valence-electron chi connectivity index (χ2n) is 10.5. The molecular weight excluding hydrogens is 523 g/mol. The zero-order chi connectivity index (χ0) is 29.4. The van der Waals surface area contributed by atoms with Gasteiger partial charge in [0.25, 0.3) is 5.91 Å². The van der Waals surface area contributed by atoms with Crippen molar-refractivity contribution in [3.05, 3.63) is 83.7 Å². The molecule has 1 fully saturated rings. The second-order valence-corrected chi connectivity index (χ2v) is 10.5. The lowest BCUT2D eigenvalue weighted by Crippen LogP contribution is -2.51. The number of nitrogens with zero attached hydrogens (tertiary/aromatic N) is 2. The highest BCUT2D eigenvalue weighted by molar-refractivity contribution is 5.95. The van der Waals surface area contributed by atoms with Gasteiger partial charge in [-0.25, -0.2) is 4.39 Å². The fraction of sp³-hybridized carbons (Fsp3) is 0.355. The predicted molar refractivity (Wildman–Crippen MR) is 158 cm³/mol. The number of halogens is 1. The molecule has 0 radical (unpaired) electrons. The van der Waals surface area contributed by atoms with Gasteiger partial charge in [0.15, 0.2) is 11.7 Å². The number of amides is 2. The minimum atomic E-state index is -0.834. The molecule has 1 saturated heterocycles. The lowest BCUT2D eigenvalue weighted by Gasteiger charge is -2.33. The van der Waals surface area contributed by atoms with Gasteiger partial charge in [-0.3, -0.25) is 19.4 Å². The number of Topliss-reactive ketones (excluding diaryl/α,β-unsaturated/α-hetero) is 1. The van der Waals surface area contributed by atoms with E-state index in [9.17, 15) is 18.8 Å². The third-order valence-electron chi connectivity index (χ3n) is 7.49. The average Bonchev–Trinajstić information content (AvgIpc) is 2.98. The first-order chi connectivity index (χ1) is 19.7. The minimum absolute atomic E-state index is 0.0347. The van der Waals surface area contributed by atoms with Gasteiger partial charge in [-0.05, 0) is 72.7 Å². The van der Waals surface area contributed by atoms with E-state index in [1.165, 1.54) is 24.3 Å². The van der Waals surface area contributed by atoms with Crippen LogP contribution in [0.25, 0.3) is 10.8 Å². The molecule has 7 N–H and O–H groups in total. The molecular formula is C31H37FN6O3. The highest BCUT2D eigenvalue weighted by Gasteiger charge is 2.33. The minimum Gasteiger partial charge on any atom is -0.370 e. The van der Waals surface area contributed by atoms with E-state index in [1.807, 2.05) is 42.5 Å². The Morgan fingerprint density at radius 3 is 2.34 bits per heavy atom. The molecule has 0 aromatic heterocycles. The Labute approximate surface area is 239 Å². The molecule has 0 unspecified atom stereocenters. The van der Waals surface area contributed by atoms with Crippen LogP contribution in [-0.2, 0) is 16.0 Å². The van der Waals surface area contributed by atoms with Gasteiger partial charge in [0.2, 0.25) is 5.91 Å². The van der Waals surface area contributed by atoms with Crippen LogP contribution in [0.15, 0.2) is 71.7 Å². The number of hydrogen-bond donors (Lipinski definition) is 4. The van der Waals surface area contributed by atoms with E-state index in [2.05, 4.69) is 10.3 Å². The van der Waals surface area contributed by atoms with Crippen LogP contribution in [-0.4, -0.2) is 60.2 Å². The number of rotatable bonds is 11. The lowest BCUT2D eigenvalue weighted by atomic mass is 9.87. The smallest absolute Gasteiger partial charge is 0.253 e. The van der Waals surface area contributed by atoms with Crippen LogP contribution in [0.4, 0.5) is 4.39 Å². The van der Waals surface area contributed by atoms with Crippen molar-refractivity contribution in [1.29, 1.82) is 0 Å². The van der Waals surface area contributed by atoms with Gasteiger partial charge in [-0.1, -0.05) is 42.5 Å². The van der Waals surface area contributed by atoms with Crippen molar-refractivity contribution in [1.82, 2.24) is 10.2 Å². The first kappa shape index (κ1) is 29.7. The summed E-state index contributed by atoms with van der Waals surface area (Å²) in [5.74, 6) is -1.45. The van der Waals surface area contributed by atoms with E-state index in [0.717, 1.165) is 16.3 Å². The fourth-order valence-electron chi connectivity index (χ4n) is 5.21. The zero-order valence-corrected chi connectivity index (χ0v) is 23.0. The molecule has 216 valence electrons. The van der Waals surface area contributed by atoms with Crippen LogP contribution in [0.5, 0.6) is 0 Å². The number of ketones is 1. The summed E-state index contributed by atoms with van der Waals surface area (Å²) < 4.78 is 13.2. The molecule has 1 aliphatic heterocycles. The van der Waals surface area contributed by atoms with Gasteiger partial charge >= 0.3 is 0 Å². The summed E-state index contributed by atoms with van der Waals surface area (Å²) in [4.78, 5) is 45.2.